The Morgan fingerprint density at radius 3 is 2.44 bits per heavy atom. The molecule has 0 amide bonds. The summed E-state index contributed by atoms with van der Waals surface area (Å²) in [6.45, 7) is 3.09. The summed E-state index contributed by atoms with van der Waals surface area (Å²) in [5.41, 5.74) is 7.76. The van der Waals surface area contributed by atoms with E-state index in [1.54, 1.807) is 30.3 Å². The van der Waals surface area contributed by atoms with E-state index in [1.165, 1.54) is 20.0 Å². The molecular formula is C20H26N2O3. The monoisotopic (exact) mass is 342 g/mol. The number of hydrogen-bond donors (Lipinski definition) is 1. The molecule has 2 rings (SSSR count). The zero-order valence-corrected chi connectivity index (χ0v) is 15.1. The third kappa shape index (κ3) is 5.41. The van der Waals surface area contributed by atoms with Crippen LogP contribution in [0.2, 0.25) is 0 Å². The molecule has 25 heavy (non-hydrogen) atoms. The minimum Gasteiger partial charge on any atom is -0.465 e. The summed E-state index contributed by atoms with van der Waals surface area (Å²) in [5.74, 6) is 0.867. The Morgan fingerprint density at radius 1 is 1.08 bits per heavy atom. The molecule has 0 aromatic heterocycles. The van der Waals surface area contributed by atoms with Crippen molar-refractivity contribution >= 4 is 17.3 Å². The average Bonchev–Trinajstić information content (AvgIpc) is 2.62. The normalized spacial score (nSPS) is 10.4. The van der Waals surface area contributed by atoms with Crippen molar-refractivity contribution in [1.82, 2.24) is 0 Å². The molecule has 2 aromatic rings. The number of nitrogens with two attached hydrogens (primary N) is 1. The number of hydrogen-bond acceptors (Lipinski definition) is 5. The number of esters is 1. The molecule has 5 nitrogen and oxygen atoms in total. The van der Waals surface area contributed by atoms with Crippen LogP contribution >= 0.6 is 0 Å². The van der Waals surface area contributed by atoms with E-state index < -0.39 is 0 Å². The van der Waals surface area contributed by atoms with Crippen molar-refractivity contribution in [3.63, 3.8) is 0 Å². The molecule has 0 aliphatic rings. The second kappa shape index (κ2) is 8.97. The van der Waals surface area contributed by atoms with Crippen molar-refractivity contribution in [2.45, 2.75) is 26.2 Å². The number of carbonyl (C=O) groups is 1. The minimum atomic E-state index is -0.383. The van der Waals surface area contributed by atoms with Gasteiger partial charge in [-0.05, 0) is 42.8 Å². The van der Waals surface area contributed by atoms with Crippen LogP contribution in [0.4, 0.5) is 11.4 Å². The van der Waals surface area contributed by atoms with Crippen molar-refractivity contribution in [2.75, 3.05) is 31.3 Å². The molecule has 0 heterocycles. The highest BCUT2D eigenvalue weighted by Gasteiger charge is 2.12. The van der Waals surface area contributed by atoms with Gasteiger partial charge in [-0.15, -0.1) is 0 Å². The number of nitrogen functional groups attached to an aromatic ring is 1. The molecule has 0 fully saturated rings. The number of nitrogens with zero attached hydrogens (tertiary/aromatic N) is 1. The third-order valence-electron chi connectivity index (χ3n) is 3.97. The van der Waals surface area contributed by atoms with Gasteiger partial charge in [0.2, 0.25) is 0 Å². The van der Waals surface area contributed by atoms with Crippen LogP contribution in [0.3, 0.4) is 0 Å². The summed E-state index contributed by atoms with van der Waals surface area (Å²) in [4.78, 5) is 14.1. The zero-order valence-electron chi connectivity index (χ0n) is 15.1. The summed E-state index contributed by atoms with van der Waals surface area (Å²) >= 11 is 0. The van der Waals surface area contributed by atoms with E-state index in [9.17, 15) is 4.79 Å². The largest absolute Gasteiger partial charge is 0.465 e. The Morgan fingerprint density at radius 2 is 1.80 bits per heavy atom. The van der Waals surface area contributed by atoms with E-state index in [1.807, 2.05) is 19.2 Å². The average molecular weight is 342 g/mol. The predicted molar refractivity (Wildman–Crippen MR) is 102 cm³/mol. The molecule has 0 unspecified atom stereocenters. The molecule has 0 saturated heterocycles. The second-order valence-corrected chi connectivity index (χ2v) is 6.01. The summed E-state index contributed by atoms with van der Waals surface area (Å²) in [5, 5.41) is 0. The maximum atomic E-state index is 12.0. The molecular weight excluding hydrogens is 316 g/mol. The van der Waals surface area contributed by atoms with Crippen molar-refractivity contribution in [3.8, 4) is 11.5 Å². The molecule has 0 aliphatic heterocycles. The van der Waals surface area contributed by atoms with Gasteiger partial charge < -0.3 is 20.1 Å². The fourth-order valence-electron chi connectivity index (χ4n) is 2.50. The first kappa shape index (κ1) is 18.6. The molecule has 0 radical (unpaired) electrons. The number of carbonyl (C=O) groups excluding carboxylic acids is 1. The van der Waals surface area contributed by atoms with Crippen LogP contribution in [-0.2, 0) is 4.74 Å². The van der Waals surface area contributed by atoms with Gasteiger partial charge in [-0.2, -0.15) is 0 Å². The molecule has 0 aliphatic carbocycles. The third-order valence-corrected chi connectivity index (χ3v) is 3.97. The Balaban J connectivity index is 2.26. The van der Waals surface area contributed by atoms with Crippen LogP contribution in [0.15, 0.2) is 42.5 Å². The van der Waals surface area contributed by atoms with E-state index in [0.717, 1.165) is 18.7 Å². The second-order valence-electron chi connectivity index (χ2n) is 6.01. The number of anilines is 2. The van der Waals surface area contributed by atoms with Crippen LogP contribution in [-0.4, -0.2) is 26.7 Å². The number of unbranched alkanes of at least 4 members (excludes halogenated alkanes) is 2. The molecule has 0 spiro atoms. The standard InChI is InChI=1S/C20H26N2O3/c1-4-5-6-11-22(2)17-12-15(20(23)24-3)13-19(14-17)25-18-9-7-16(21)8-10-18/h7-10,12-14H,4-6,11,21H2,1-3H3. The maximum Gasteiger partial charge on any atom is 0.338 e. The van der Waals surface area contributed by atoms with E-state index in [2.05, 4.69) is 11.8 Å². The highest BCUT2D eigenvalue weighted by molar-refractivity contribution is 5.91. The van der Waals surface area contributed by atoms with E-state index >= 15 is 0 Å². The lowest BCUT2D eigenvalue weighted by atomic mass is 10.1. The zero-order chi connectivity index (χ0) is 18.2. The molecule has 0 bridgehead atoms. The minimum absolute atomic E-state index is 0.383. The number of methoxy groups -OCH3 is 1. The fraction of sp³-hybridized carbons (Fsp3) is 0.350. The first-order valence-corrected chi connectivity index (χ1v) is 8.51. The number of ether oxygens (including phenoxy) is 2. The highest BCUT2D eigenvalue weighted by atomic mass is 16.5. The van der Waals surface area contributed by atoms with Crippen LogP contribution in [0, 0.1) is 0 Å². The van der Waals surface area contributed by atoms with Gasteiger partial charge in [-0.1, -0.05) is 19.8 Å². The molecule has 2 N–H and O–H groups in total. The quantitative estimate of drug-likeness (QED) is 0.435. The van der Waals surface area contributed by atoms with Gasteiger partial charge in [0.25, 0.3) is 0 Å². The Kier molecular flexibility index (Phi) is 6.69. The first-order valence-electron chi connectivity index (χ1n) is 8.51. The Hall–Kier alpha value is -2.69. The van der Waals surface area contributed by atoms with E-state index in [0.29, 0.717) is 22.7 Å². The topological polar surface area (TPSA) is 64.8 Å². The molecule has 134 valence electrons. The van der Waals surface area contributed by atoms with Gasteiger partial charge in [0.05, 0.1) is 12.7 Å². The first-order chi connectivity index (χ1) is 12.0. The van der Waals surface area contributed by atoms with E-state index in [4.69, 9.17) is 15.2 Å². The SMILES string of the molecule is CCCCCN(C)c1cc(Oc2ccc(N)cc2)cc(C(=O)OC)c1. The van der Waals surface area contributed by atoms with Crippen LogP contribution in [0.1, 0.15) is 36.5 Å². The predicted octanol–water partition coefficient (Wildman–Crippen LogP) is 4.47. The lowest BCUT2D eigenvalue weighted by Crippen LogP contribution is -2.19. The maximum absolute atomic E-state index is 12.0. The summed E-state index contributed by atoms with van der Waals surface area (Å²) in [7, 11) is 3.39. The molecule has 0 saturated carbocycles. The van der Waals surface area contributed by atoms with Gasteiger partial charge in [-0.25, -0.2) is 4.79 Å². The van der Waals surface area contributed by atoms with Crippen molar-refractivity contribution in [1.29, 1.82) is 0 Å². The van der Waals surface area contributed by atoms with Crippen LogP contribution < -0.4 is 15.4 Å². The number of benzene rings is 2. The van der Waals surface area contributed by atoms with Gasteiger partial charge in [0, 0.05) is 31.0 Å². The Bertz CT molecular complexity index is 699. The number of rotatable bonds is 8. The molecule has 0 atom stereocenters. The molecule has 2 aromatic carbocycles. The van der Waals surface area contributed by atoms with Gasteiger partial charge in [0.1, 0.15) is 11.5 Å². The van der Waals surface area contributed by atoms with Gasteiger partial charge in [0.15, 0.2) is 0 Å². The Labute approximate surface area is 149 Å². The summed E-state index contributed by atoms with van der Waals surface area (Å²) < 4.78 is 10.8. The van der Waals surface area contributed by atoms with Gasteiger partial charge in [-0.3, -0.25) is 0 Å². The fourth-order valence-corrected chi connectivity index (χ4v) is 2.50. The lowest BCUT2D eigenvalue weighted by molar-refractivity contribution is 0.0600. The molecule has 5 heteroatoms. The summed E-state index contributed by atoms with van der Waals surface area (Å²) in [6.07, 6.45) is 3.45. The van der Waals surface area contributed by atoms with E-state index in [-0.39, 0.29) is 5.97 Å². The van der Waals surface area contributed by atoms with Crippen molar-refractivity contribution < 1.29 is 14.3 Å². The smallest absolute Gasteiger partial charge is 0.338 e. The van der Waals surface area contributed by atoms with Crippen molar-refractivity contribution in [3.05, 3.63) is 48.0 Å². The lowest BCUT2D eigenvalue weighted by Gasteiger charge is -2.21. The summed E-state index contributed by atoms with van der Waals surface area (Å²) in [6, 6.07) is 12.6. The van der Waals surface area contributed by atoms with Gasteiger partial charge >= 0.3 is 5.97 Å². The highest BCUT2D eigenvalue weighted by Crippen LogP contribution is 2.29. The van der Waals surface area contributed by atoms with Crippen molar-refractivity contribution in [2.24, 2.45) is 0 Å². The van der Waals surface area contributed by atoms with Crippen LogP contribution in [0.5, 0.6) is 11.5 Å². The van der Waals surface area contributed by atoms with Crippen LogP contribution in [0.25, 0.3) is 0 Å².